The van der Waals surface area contributed by atoms with Crippen LogP contribution in [0.2, 0.25) is 0 Å². The molecule has 0 bridgehead atoms. The number of rotatable bonds is 6. The molecule has 1 unspecified atom stereocenters. The van der Waals surface area contributed by atoms with Crippen molar-refractivity contribution in [1.29, 1.82) is 0 Å². The molecule has 1 atom stereocenters. The summed E-state index contributed by atoms with van der Waals surface area (Å²) in [6, 6.07) is 13.6. The summed E-state index contributed by atoms with van der Waals surface area (Å²) in [6.07, 6.45) is 0. The zero-order chi connectivity index (χ0) is 21.3. The van der Waals surface area contributed by atoms with E-state index in [2.05, 4.69) is 27.3 Å². The van der Waals surface area contributed by atoms with Crippen LogP contribution < -0.4 is 15.4 Å². The Morgan fingerprint density at radius 1 is 1.30 bits per heavy atom. The lowest BCUT2D eigenvalue weighted by atomic mass is 9.92. The number of hydrogen-bond donors (Lipinski definition) is 3. The largest absolute Gasteiger partial charge is 0.497 e. The molecule has 156 valence electrons. The highest BCUT2D eigenvalue weighted by molar-refractivity contribution is 7.80. The smallest absolute Gasteiger partial charge is 0.188 e. The minimum absolute atomic E-state index is 0.0918. The van der Waals surface area contributed by atoms with Crippen LogP contribution in [0.4, 0.5) is 0 Å². The Balaban J connectivity index is 1.82. The third-order valence-corrected chi connectivity index (χ3v) is 6.22. The molecule has 1 aliphatic rings. The number of Topliss-reactive ketones (excluding diaryl/α,β-unsaturated/α-hetero) is 1. The Kier molecular flexibility index (Phi) is 5.85. The molecule has 1 aliphatic heterocycles. The number of benzene rings is 2. The third-order valence-electron chi connectivity index (χ3n) is 5.73. The Hall–Kier alpha value is -2.74. The van der Waals surface area contributed by atoms with Crippen LogP contribution in [0.25, 0.3) is 10.9 Å². The van der Waals surface area contributed by atoms with E-state index in [4.69, 9.17) is 22.1 Å². The number of nitrogens with one attached hydrogen (secondary N) is 2. The highest BCUT2D eigenvalue weighted by Gasteiger charge is 2.30. The highest BCUT2D eigenvalue weighted by atomic mass is 32.1. The molecule has 1 aromatic heterocycles. The van der Waals surface area contributed by atoms with E-state index in [1.54, 1.807) is 19.2 Å². The second-order valence-corrected chi connectivity index (χ2v) is 7.85. The van der Waals surface area contributed by atoms with Gasteiger partial charge in [-0.05, 0) is 29.3 Å². The molecule has 0 aliphatic carbocycles. The molecule has 0 radical (unpaired) electrons. The fourth-order valence-electron chi connectivity index (χ4n) is 4.20. The van der Waals surface area contributed by atoms with Crippen molar-refractivity contribution in [3.05, 3.63) is 64.8 Å². The van der Waals surface area contributed by atoms with E-state index < -0.39 is 6.61 Å². The van der Waals surface area contributed by atoms with Gasteiger partial charge in [-0.3, -0.25) is 4.79 Å². The maximum absolute atomic E-state index is 11.7. The predicted octanol–water partition coefficient (Wildman–Crippen LogP) is 2.61. The van der Waals surface area contributed by atoms with E-state index in [-0.39, 0.29) is 11.7 Å². The van der Waals surface area contributed by atoms with Gasteiger partial charge >= 0.3 is 0 Å². The number of aliphatic hydroxyl groups excluding tert-OH is 1. The van der Waals surface area contributed by atoms with E-state index >= 15 is 0 Å². The van der Waals surface area contributed by atoms with Crippen molar-refractivity contribution in [2.75, 3.05) is 27.3 Å². The third kappa shape index (κ3) is 3.60. The summed E-state index contributed by atoms with van der Waals surface area (Å²) in [5.74, 6) is 0.640. The maximum atomic E-state index is 11.7. The van der Waals surface area contributed by atoms with Crippen molar-refractivity contribution < 1.29 is 14.6 Å². The molecule has 2 aromatic carbocycles. The number of aliphatic hydroxyl groups is 1. The van der Waals surface area contributed by atoms with Gasteiger partial charge in [0.2, 0.25) is 0 Å². The first-order valence-corrected chi connectivity index (χ1v) is 10.3. The standard InChI is InChI=1S/C23H25N3O3S/c1-24-23(30)18-10-25-11-20-22(18)17-9-16(29-2)7-8-19(17)26(20)12-14-3-5-15(6-4-14)21(28)13-27/h3-9,18,25,27H,10-13H2,1-2H3,(H,24,30). The molecule has 7 heteroatoms. The number of nitrogens with zero attached hydrogens (tertiary/aromatic N) is 1. The Labute approximate surface area is 180 Å². The normalized spacial score (nSPS) is 15.6. The second kappa shape index (κ2) is 8.55. The molecular weight excluding hydrogens is 398 g/mol. The number of methoxy groups -OCH3 is 1. The fourth-order valence-corrected chi connectivity index (χ4v) is 4.41. The van der Waals surface area contributed by atoms with E-state index in [1.807, 2.05) is 25.2 Å². The van der Waals surface area contributed by atoms with Crippen LogP contribution >= 0.6 is 12.2 Å². The predicted molar refractivity (Wildman–Crippen MR) is 122 cm³/mol. The molecule has 4 rings (SSSR count). The summed E-state index contributed by atoms with van der Waals surface area (Å²) in [7, 11) is 3.54. The molecule has 3 N–H and O–H groups in total. The second-order valence-electron chi connectivity index (χ2n) is 7.41. The molecule has 0 amide bonds. The lowest BCUT2D eigenvalue weighted by Crippen LogP contribution is -2.37. The monoisotopic (exact) mass is 423 g/mol. The van der Waals surface area contributed by atoms with Gasteiger partial charge in [0.25, 0.3) is 0 Å². The molecule has 30 heavy (non-hydrogen) atoms. The molecule has 2 heterocycles. The number of aromatic nitrogens is 1. The Morgan fingerprint density at radius 3 is 2.73 bits per heavy atom. The summed E-state index contributed by atoms with van der Waals surface area (Å²) in [4.78, 5) is 12.5. The Bertz CT molecular complexity index is 1110. The van der Waals surface area contributed by atoms with Crippen LogP contribution in [-0.2, 0) is 13.1 Å². The SMILES string of the molecule is CNC(=S)C1CNCc2c1c1cc(OC)ccc1n2Cc1ccc(C(=O)CO)cc1. The van der Waals surface area contributed by atoms with Crippen LogP contribution in [0.5, 0.6) is 5.75 Å². The minimum Gasteiger partial charge on any atom is -0.497 e. The van der Waals surface area contributed by atoms with Crippen molar-refractivity contribution in [2.24, 2.45) is 0 Å². The lowest BCUT2D eigenvalue weighted by Gasteiger charge is -2.26. The highest BCUT2D eigenvalue weighted by Crippen LogP contribution is 2.37. The van der Waals surface area contributed by atoms with E-state index in [1.165, 1.54) is 11.3 Å². The van der Waals surface area contributed by atoms with Crippen molar-refractivity contribution >= 4 is 33.9 Å². The molecule has 0 fully saturated rings. The van der Waals surface area contributed by atoms with Crippen LogP contribution in [-0.4, -0.2) is 47.8 Å². The van der Waals surface area contributed by atoms with Gasteiger partial charge in [-0.25, -0.2) is 0 Å². The maximum Gasteiger partial charge on any atom is 0.188 e. The zero-order valence-corrected chi connectivity index (χ0v) is 17.9. The summed E-state index contributed by atoms with van der Waals surface area (Å²) in [6.45, 7) is 1.75. The van der Waals surface area contributed by atoms with Gasteiger partial charge in [-0.15, -0.1) is 0 Å². The topological polar surface area (TPSA) is 75.5 Å². The number of carbonyl (C=O) groups excluding carboxylic acids is 1. The quantitative estimate of drug-likeness (QED) is 0.418. The van der Waals surface area contributed by atoms with Gasteiger partial charge in [0.15, 0.2) is 5.78 Å². The van der Waals surface area contributed by atoms with Crippen molar-refractivity contribution in [3.63, 3.8) is 0 Å². The zero-order valence-electron chi connectivity index (χ0n) is 17.1. The first kappa shape index (κ1) is 20.5. The van der Waals surface area contributed by atoms with E-state index in [0.29, 0.717) is 12.1 Å². The van der Waals surface area contributed by atoms with Gasteiger partial charge in [0.05, 0.1) is 12.1 Å². The number of hydrogen-bond acceptors (Lipinski definition) is 5. The summed E-state index contributed by atoms with van der Waals surface area (Å²) >= 11 is 5.62. The molecule has 0 saturated heterocycles. The van der Waals surface area contributed by atoms with Crippen molar-refractivity contribution in [2.45, 2.75) is 19.0 Å². The molecule has 3 aromatic rings. The molecule has 0 saturated carbocycles. The van der Waals surface area contributed by atoms with Crippen LogP contribution in [0.15, 0.2) is 42.5 Å². The molecule has 6 nitrogen and oxygen atoms in total. The molecule has 0 spiro atoms. The van der Waals surface area contributed by atoms with E-state index in [9.17, 15) is 4.79 Å². The lowest BCUT2D eigenvalue weighted by molar-refractivity contribution is 0.0903. The Morgan fingerprint density at radius 2 is 2.07 bits per heavy atom. The summed E-state index contributed by atoms with van der Waals surface area (Å²) in [5, 5.41) is 16.9. The van der Waals surface area contributed by atoms with Gasteiger partial charge in [-0.2, -0.15) is 0 Å². The average Bonchev–Trinajstić information content (AvgIpc) is 3.11. The van der Waals surface area contributed by atoms with E-state index in [0.717, 1.165) is 40.3 Å². The number of carbonyl (C=O) groups is 1. The first-order valence-electron chi connectivity index (χ1n) is 9.91. The number of ketones is 1. The number of thiocarbonyl (C=S) groups is 1. The van der Waals surface area contributed by atoms with Crippen molar-refractivity contribution in [3.8, 4) is 5.75 Å². The summed E-state index contributed by atoms with van der Waals surface area (Å²) < 4.78 is 7.79. The number of ether oxygens (including phenoxy) is 1. The van der Waals surface area contributed by atoms with Crippen LogP contribution in [0.3, 0.4) is 0 Å². The van der Waals surface area contributed by atoms with Gasteiger partial charge in [0, 0.05) is 54.8 Å². The number of fused-ring (bicyclic) bond motifs is 3. The van der Waals surface area contributed by atoms with Gasteiger partial charge < -0.3 is 25.0 Å². The first-order chi connectivity index (χ1) is 14.6. The molecular formula is C23H25N3O3S. The van der Waals surface area contributed by atoms with Crippen molar-refractivity contribution in [1.82, 2.24) is 15.2 Å². The van der Waals surface area contributed by atoms with Crippen LogP contribution in [0, 0.1) is 0 Å². The summed E-state index contributed by atoms with van der Waals surface area (Å²) in [5.41, 5.74) is 5.19. The fraction of sp³-hybridized carbons (Fsp3) is 0.304. The van der Waals surface area contributed by atoms with Gasteiger partial charge in [-0.1, -0.05) is 36.5 Å². The average molecular weight is 424 g/mol. The van der Waals surface area contributed by atoms with Crippen LogP contribution in [0.1, 0.15) is 33.1 Å². The van der Waals surface area contributed by atoms with Gasteiger partial charge in [0.1, 0.15) is 12.4 Å². The minimum atomic E-state index is -0.477. The number of likely N-dealkylation sites (N-methyl/N-ethyl adjacent to an activating group) is 1.